The highest BCUT2D eigenvalue weighted by atomic mass is 16.5. The molecule has 0 aliphatic heterocycles. The van der Waals surface area contributed by atoms with Crippen molar-refractivity contribution in [3.63, 3.8) is 0 Å². The van der Waals surface area contributed by atoms with Crippen molar-refractivity contribution >= 4 is 23.4 Å². The fraction of sp³-hybridized carbons (Fsp3) is 0.158. The molecule has 0 unspecified atom stereocenters. The summed E-state index contributed by atoms with van der Waals surface area (Å²) in [5.41, 5.74) is 2.24. The average molecular weight is 340 g/mol. The quantitative estimate of drug-likeness (QED) is 0.681. The fourth-order valence-electron chi connectivity index (χ4n) is 1.99. The summed E-state index contributed by atoms with van der Waals surface area (Å²) < 4.78 is 5.59. The second-order valence-corrected chi connectivity index (χ2v) is 5.59. The molecule has 2 aromatic carbocycles. The van der Waals surface area contributed by atoms with E-state index in [1.807, 2.05) is 19.9 Å². The van der Waals surface area contributed by atoms with Crippen LogP contribution in [0.25, 0.3) is 0 Å². The van der Waals surface area contributed by atoms with Gasteiger partial charge in [0, 0.05) is 17.4 Å². The number of nitrogens with one attached hydrogen (secondary N) is 2. The molecule has 130 valence electrons. The van der Waals surface area contributed by atoms with Crippen LogP contribution in [-0.2, 0) is 0 Å². The lowest BCUT2D eigenvalue weighted by atomic mass is 10.2. The lowest BCUT2D eigenvalue weighted by molar-refractivity contribution is 0.0697. The molecule has 0 atom stereocenters. The van der Waals surface area contributed by atoms with Gasteiger partial charge < -0.3 is 20.5 Å². The van der Waals surface area contributed by atoms with Crippen LogP contribution in [0.4, 0.5) is 16.2 Å². The molecule has 25 heavy (non-hydrogen) atoms. The monoisotopic (exact) mass is 340 g/mol. The topological polar surface area (TPSA) is 87.7 Å². The Labute approximate surface area is 146 Å². The first-order chi connectivity index (χ1) is 11.9. The maximum absolute atomic E-state index is 12.1. The van der Waals surface area contributed by atoms with E-state index >= 15 is 0 Å². The molecule has 3 N–H and O–H groups in total. The summed E-state index contributed by atoms with van der Waals surface area (Å²) in [4.78, 5) is 23.0. The van der Waals surface area contributed by atoms with Gasteiger partial charge >= 0.3 is 12.0 Å². The van der Waals surface area contributed by atoms with E-state index in [1.165, 1.54) is 12.1 Å². The molecule has 0 aliphatic rings. The largest absolute Gasteiger partial charge is 0.489 e. The third kappa shape index (κ3) is 6.02. The number of rotatable bonds is 6. The van der Waals surface area contributed by atoms with Crippen LogP contribution in [0.5, 0.6) is 5.75 Å². The molecular weight excluding hydrogens is 320 g/mol. The highest BCUT2D eigenvalue weighted by Crippen LogP contribution is 2.18. The van der Waals surface area contributed by atoms with Crippen LogP contribution in [-0.4, -0.2) is 23.7 Å². The van der Waals surface area contributed by atoms with Gasteiger partial charge in [-0.2, -0.15) is 0 Å². The van der Waals surface area contributed by atoms with Crippen LogP contribution in [0.15, 0.2) is 60.2 Å². The van der Waals surface area contributed by atoms with Gasteiger partial charge in [-0.1, -0.05) is 17.7 Å². The van der Waals surface area contributed by atoms with Crippen molar-refractivity contribution < 1.29 is 19.4 Å². The number of aromatic carboxylic acids is 1. The first-order valence-corrected chi connectivity index (χ1v) is 7.71. The number of allylic oxidation sites excluding steroid dienone is 1. The zero-order chi connectivity index (χ0) is 18.2. The second-order valence-electron chi connectivity index (χ2n) is 5.59. The van der Waals surface area contributed by atoms with Crippen LogP contribution >= 0.6 is 0 Å². The summed E-state index contributed by atoms with van der Waals surface area (Å²) >= 11 is 0. The minimum atomic E-state index is -1.05. The fourth-order valence-corrected chi connectivity index (χ4v) is 1.99. The molecule has 0 saturated heterocycles. The van der Waals surface area contributed by atoms with E-state index in [9.17, 15) is 9.59 Å². The highest BCUT2D eigenvalue weighted by Gasteiger charge is 2.07. The zero-order valence-electron chi connectivity index (χ0n) is 14.1. The van der Waals surface area contributed by atoms with Crippen molar-refractivity contribution in [2.75, 3.05) is 17.2 Å². The van der Waals surface area contributed by atoms with E-state index in [1.54, 1.807) is 36.4 Å². The molecule has 0 aliphatic carbocycles. The van der Waals surface area contributed by atoms with Gasteiger partial charge in [0.05, 0.1) is 5.56 Å². The number of carbonyl (C=O) groups excluding carboxylic acids is 1. The molecule has 2 rings (SSSR count). The van der Waals surface area contributed by atoms with Gasteiger partial charge in [-0.05, 0) is 50.3 Å². The number of benzene rings is 2. The molecule has 0 aromatic heterocycles. The first kappa shape index (κ1) is 18.1. The Bertz CT molecular complexity index is 796. The van der Waals surface area contributed by atoms with Gasteiger partial charge in [-0.25, -0.2) is 9.59 Å². The van der Waals surface area contributed by atoms with Crippen LogP contribution in [0.2, 0.25) is 0 Å². The maximum atomic E-state index is 12.1. The number of carbonyl (C=O) groups is 2. The van der Waals surface area contributed by atoms with Gasteiger partial charge in [-0.3, -0.25) is 0 Å². The number of anilines is 2. The van der Waals surface area contributed by atoms with Gasteiger partial charge in [0.25, 0.3) is 0 Å². The predicted molar refractivity (Wildman–Crippen MR) is 97.4 cm³/mol. The molecule has 0 heterocycles. The summed E-state index contributed by atoms with van der Waals surface area (Å²) in [6.45, 7) is 4.44. The minimum Gasteiger partial charge on any atom is -0.489 e. The molecule has 6 heteroatoms. The Kier molecular flexibility index (Phi) is 6.17. The Balaban J connectivity index is 1.97. The lowest BCUT2D eigenvalue weighted by Crippen LogP contribution is -2.19. The van der Waals surface area contributed by atoms with Crippen LogP contribution in [0, 0.1) is 0 Å². The van der Waals surface area contributed by atoms with Gasteiger partial charge in [0.15, 0.2) is 0 Å². The molecular formula is C19H20N2O4. The van der Waals surface area contributed by atoms with E-state index in [2.05, 4.69) is 10.6 Å². The normalized spacial score (nSPS) is 9.84. The van der Waals surface area contributed by atoms with Crippen LogP contribution < -0.4 is 15.4 Å². The SMILES string of the molecule is CC(C)=CCOc1cccc(NC(=O)Nc2cccc(C(=O)O)c2)c1. The molecule has 2 amide bonds. The second kappa shape index (κ2) is 8.54. The van der Waals surface area contributed by atoms with Crippen molar-refractivity contribution in [3.8, 4) is 5.75 Å². The molecule has 0 bridgehead atoms. The number of carboxylic acids is 1. The Hall–Kier alpha value is -3.28. The Morgan fingerprint density at radius 2 is 1.68 bits per heavy atom. The van der Waals surface area contributed by atoms with E-state index in [4.69, 9.17) is 9.84 Å². The number of amides is 2. The first-order valence-electron chi connectivity index (χ1n) is 7.71. The molecule has 6 nitrogen and oxygen atoms in total. The van der Waals surface area contributed by atoms with Gasteiger partial charge in [0.2, 0.25) is 0 Å². The van der Waals surface area contributed by atoms with Gasteiger partial charge in [0.1, 0.15) is 12.4 Å². The molecule has 2 aromatic rings. The number of ether oxygens (including phenoxy) is 1. The zero-order valence-corrected chi connectivity index (χ0v) is 14.1. The number of urea groups is 1. The van der Waals surface area contributed by atoms with E-state index in [0.717, 1.165) is 5.57 Å². The summed E-state index contributed by atoms with van der Waals surface area (Å²) in [6, 6.07) is 12.6. The minimum absolute atomic E-state index is 0.104. The number of hydrogen-bond donors (Lipinski definition) is 3. The number of hydrogen-bond acceptors (Lipinski definition) is 3. The smallest absolute Gasteiger partial charge is 0.335 e. The summed E-state index contributed by atoms with van der Waals surface area (Å²) in [5, 5.41) is 14.3. The Morgan fingerprint density at radius 1 is 1.04 bits per heavy atom. The molecule has 0 radical (unpaired) electrons. The third-order valence-corrected chi connectivity index (χ3v) is 3.20. The lowest BCUT2D eigenvalue weighted by Gasteiger charge is -2.10. The van der Waals surface area contributed by atoms with Crippen molar-refractivity contribution in [1.29, 1.82) is 0 Å². The standard InChI is InChI=1S/C19H20N2O4/c1-13(2)9-10-25-17-8-4-7-16(12-17)21-19(24)20-15-6-3-5-14(11-15)18(22)23/h3-9,11-12H,10H2,1-2H3,(H,22,23)(H2,20,21,24). The van der Waals surface area contributed by atoms with Crippen molar-refractivity contribution in [2.24, 2.45) is 0 Å². The summed E-state index contributed by atoms with van der Waals surface area (Å²) in [6.07, 6.45) is 1.96. The van der Waals surface area contributed by atoms with Crippen molar-refractivity contribution in [1.82, 2.24) is 0 Å². The molecule has 0 fully saturated rings. The Morgan fingerprint density at radius 3 is 2.32 bits per heavy atom. The van der Waals surface area contributed by atoms with E-state index in [-0.39, 0.29) is 5.56 Å². The average Bonchev–Trinajstić information content (AvgIpc) is 2.55. The third-order valence-electron chi connectivity index (χ3n) is 3.20. The van der Waals surface area contributed by atoms with Crippen LogP contribution in [0.3, 0.4) is 0 Å². The van der Waals surface area contributed by atoms with Gasteiger partial charge in [-0.15, -0.1) is 0 Å². The molecule has 0 spiro atoms. The van der Waals surface area contributed by atoms with Crippen molar-refractivity contribution in [3.05, 3.63) is 65.7 Å². The predicted octanol–water partition coefficient (Wildman–Crippen LogP) is 4.37. The van der Waals surface area contributed by atoms with E-state index < -0.39 is 12.0 Å². The summed E-state index contributed by atoms with van der Waals surface area (Å²) in [7, 11) is 0. The van der Waals surface area contributed by atoms with E-state index in [0.29, 0.717) is 23.7 Å². The maximum Gasteiger partial charge on any atom is 0.335 e. The highest BCUT2D eigenvalue weighted by molar-refractivity contribution is 6.00. The number of carboxylic acid groups (broad SMARTS) is 1. The molecule has 0 saturated carbocycles. The summed E-state index contributed by atoms with van der Waals surface area (Å²) in [5.74, 6) is -0.409. The van der Waals surface area contributed by atoms with Crippen LogP contribution in [0.1, 0.15) is 24.2 Å². The van der Waals surface area contributed by atoms with Crippen molar-refractivity contribution in [2.45, 2.75) is 13.8 Å².